The molecule has 10 heteroatoms. The Bertz CT molecular complexity index is 862. The largest absolute Gasteiger partial charge is 0.872 e. The lowest BCUT2D eigenvalue weighted by Crippen LogP contribution is -2.11. The van der Waals surface area contributed by atoms with Gasteiger partial charge in [-0.2, -0.15) is 5.10 Å². The van der Waals surface area contributed by atoms with Crippen LogP contribution in [0.2, 0.25) is 0 Å². The maximum absolute atomic E-state index is 11.6. The maximum Gasteiger partial charge on any atom is 0.270 e. The van der Waals surface area contributed by atoms with Crippen molar-refractivity contribution in [2.24, 2.45) is 10.2 Å². The van der Waals surface area contributed by atoms with Gasteiger partial charge in [0.15, 0.2) is 0 Å². The fourth-order valence-electron chi connectivity index (χ4n) is 1.65. The number of benzene rings is 2. The number of primary sulfonamides is 1. The molecule has 2 aromatic rings. The molecule has 0 radical (unpaired) electrons. The number of sulfonamides is 1. The van der Waals surface area contributed by atoms with Crippen molar-refractivity contribution in [1.29, 1.82) is 0 Å². The first-order chi connectivity index (χ1) is 10.8. The van der Waals surface area contributed by atoms with Crippen LogP contribution in [0.1, 0.15) is 5.56 Å². The van der Waals surface area contributed by atoms with E-state index in [0.29, 0.717) is 5.69 Å². The third-order valence-electron chi connectivity index (χ3n) is 2.78. The molecule has 0 amide bonds. The molecule has 0 aliphatic carbocycles. The number of nitrogens with zero attached hydrogens (tertiary/aromatic N) is 2. The van der Waals surface area contributed by atoms with Gasteiger partial charge < -0.3 is 5.11 Å². The number of nitro benzene ring substituents is 1. The first-order valence-corrected chi connectivity index (χ1v) is 7.69. The Morgan fingerprint density at radius 3 is 2.39 bits per heavy atom. The molecular weight excluding hydrogens is 324 g/mol. The van der Waals surface area contributed by atoms with E-state index in [1.54, 1.807) is 0 Å². The molecule has 0 aromatic heterocycles. The average Bonchev–Trinajstić information content (AvgIpc) is 2.48. The Morgan fingerprint density at radius 2 is 1.83 bits per heavy atom. The number of nitrogens with two attached hydrogens (primary N) is 1. The van der Waals surface area contributed by atoms with Crippen LogP contribution in [0.4, 0.5) is 11.4 Å². The molecule has 0 spiro atoms. The second-order valence-electron chi connectivity index (χ2n) is 4.42. The fourth-order valence-corrected chi connectivity index (χ4v) is 2.16. The number of hydrazone groups is 1. The lowest BCUT2D eigenvalue weighted by atomic mass is 10.2. The molecule has 0 heterocycles. The number of non-ortho nitro benzene ring substituents is 1. The van der Waals surface area contributed by atoms with Crippen LogP contribution >= 0.6 is 0 Å². The van der Waals surface area contributed by atoms with Crippen LogP contribution < -0.4 is 15.7 Å². The summed E-state index contributed by atoms with van der Waals surface area (Å²) in [4.78, 5) is 9.99. The second-order valence-corrected chi connectivity index (χ2v) is 5.98. The van der Waals surface area contributed by atoms with Crippen LogP contribution in [0, 0.1) is 10.1 Å². The Balaban J connectivity index is 2.13. The Labute approximate surface area is 131 Å². The predicted molar refractivity (Wildman–Crippen MR) is 81.6 cm³/mol. The second kappa shape index (κ2) is 6.42. The van der Waals surface area contributed by atoms with E-state index in [0.717, 1.165) is 24.4 Å². The Morgan fingerprint density at radius 1 is 1.17 bits per heavy atom. The highest BCUT2D eigenvalue weighted by atomic mass is 32.2. The van der Waals surface area contributed by atoms with Crippen molar-refractivity contribution in [3.63, 3.8) is 0 Å². The third kappa shape index (κ3) is 4.25. The highest BCUT2D eigenvalue weighted by Gasteiger charge is 2.07. The minimum absolute atomic E-state index is 0.0486. The van der Waals surface area contributed by atoms with Crippen LogP contribution in [0.5, 0.6) is 5.75 Å². The maximum atomic E-state index is 11.6. The summed E-state index contributed by atoms with van der Waals surface area (Å²) < 4.78 is 22.2. The SMILES string of the molecule is NS(=O)(=O)c1ccc(N/N=C\c2cc([N+](=O)[O-])ccc2[O-])cc1. The summed E-state index contributed by atoms with van der Waals surface area (Å²) in [5.74, 6) is -0.411. The molecular formula is C13H11N4O5S-. The van der Waals surface area contributed by atoms with Gasteiger partial charge in [0.2, 0.25) is 10.0 Å². The molecule has 23 heavy (non-hydrogen) atoms. The number of nitro groups is 1. The van der Waals surface area contributed by atoms with Gasteiger partial charge in [0.05, 0.1) is 21.7 Å². The average molecular weight is 335 g/mol. The molecule has 9 nitrogen and oxygen atoms in total. The van der Waals surface area contributed by atoms with Crippen LogP contribution in [0.25, 0.3) is 0 Å². The van der Waals surface area contributed by atoms with Gasteiger partial charge in [0.25, 0.3) is 5.69 Å². The molecule has 2 rings (SSSR count). The Hall–Kier alpha value is -2.98. The summed E-state index contributed by atoms with van der Waals surface area (Å²) in [5, 5.41) is 31.0. The van der Waals surface area contributed by atoms with E-state index in [9.17, 15) is 23.6 Å². The van der Waals surface area contributed by atoms with Crippen molar-refractivity contribution in [2.45, 2.75) is 4.90 Å². The van der Waals surface area contributed by atoms with Gasteiger partial charge >= 0.3 is 0 Å². The quantitative estimate of drug-likeness (QED) is 0.467. The standard InChI is InChI=1S/C13H12N4O5S/c14-23(21,22)12-4-1-10(2-5-12)16-15-8-9-7-11(17(19)20)3-6-13(9)18/h1-8,16,18H,(H2,14,21,22)/p-1/b15-8-. The number of hydrogen-bond acceptors (Lipinski definition) is 7. The summed E-state index contributed by atoms with van der Waals surface area (Å²) in [7, 11) is -3.77. The molecule has 0 aliphatic rings. The van der Waals surface area contributed by atoms with Gasteiger partial charge in [-0.25, -0.2) is 13.6 Å². The highest BCUT2D eigenvalue weighted by Crippen LogP contribution is 2.19. The van der Waals surface area contributed by atoms with Gasteiger partial charge in [0.1, 0.15) is 0 Å². The molecule has 0 saturated heterocycles. The molecule has 120 valence electrons. The van der Waals surface area contributed by atoms with Crippen molar-refractivity contribution in [3.05, 3.63) is 58.1 Å². The van der Waals surface area contributed by atoms with Crippen molar-refractivity contribution >= 4 is 27.6 Å². The predicted octanol–water partition coefficient (Wildman–Crippen LogP) is 0.762. The van der Waals surface area contributed by atoms with E-state index in [1.807, 2.05) is 0 Å². The van der Waals surface area contributed by atoms with Gasteiger partial charge in [-0.3, -0.25) is 15.5 Å². The van der Waals surface area contributed by atoms with Crippen LogP contribution in [-0.2, 0) is 10.0 Å². The molecule has 0 atom stereocenters. The lowest BCUT2D eigenvalue weighted by Gasteiger charge is -2.08. The summed E-state index contributed by atoms with van der Waals surface area (Å²) in [6, 6.07) is 8.75. The van der Waals surface area contributed by atoms with Gasteiger partial charge in [-0.1, -0.05) is 11.8 Å². The smallest absolute Gasteiger partial charge is 0.270 e. The van der Waals surface area contributed by atoms with Crippen molar-refractivity contribution < 1.29 is 18.4 Å². The monoisotopic (exact) mass is 335 g/mol. The first-order valence-electron chi connectivity index (χ1n) is 6.15. The zero-order chi connectivity index (χ0) is 17.0. The van der Waals surface area contributed by atoms with Crippen molar-refractivity contribution in [3.8, 4) is 5.75 Å². The van der Waals surface area contributed by atoms with Crippen molar-refractivity contribution in [1.82, 2.24) is 0 Å². The summed E-state index contributed by atoms with van der Waals surface area (Å²) in [6.45, 7) is 0. The number of anilines is 1. The van der Waals surface area contributed by atoms with Crippen LogP contribution in [-0.4, -0.2) is 19.6 Å². The summed E-state index contributed by atoms with van der Waals surface area (Å²) in [6.07, 6.45) is 1.14. The fraction of sp³-hybridized carbons (Fsp3) is 0. The van der Waals surface area contributed by atoms with E-state index < -0.39 is 20.7 Å². The van der Waals surface area contributed by atoms with Crippen LogP contribution in [0.3, 0.4) is 0 Å². The minimum Gasteiger partial charge on any atom is -0.872 e. The van der Waals surface area contributed by atoms with Gasteiger partial charge in [-0.05, 0) is 29.8 Å². The summed E-state index contributed by atoms with van der Waals surface area (Å²) in [5.41, 5.74) is 2.85. The highest BCUT2D eigenvalue weighted by molar-refractivity contribution is 7.89. The van der Waals surface area contributed by atoms with Crippen molar-refractivity contribution in [2.75, 3.05) is 5.43 Å². The molecule has 0 aliphatic heterocycles. The van der Waals surface area contributed by atoms with Gasteiger partial charge in [0, 0.05) is 12.1 Å². The lowest BCUT2D eigenvalue weighted by molar-refractivity contribution is -0.385. The molecule has 2 aromatic carbocycles. The Kier molecular flexibility index (Phi) is 4.57. The normalized spacial score (nSPS) is 11.5. The molecule has 0 unspecified atom stereocenters. The van der Waals surface area contributed by atoms with Gasteiger partial charge in [-0.15, -0.1) is 0 Å². The topological polar surface area (TPSA) is 151 Å². The summed E-state index contributed by atoms with van der Waals surface area (Å²) >= 11 is 0. The van der Waals surface area contributed by atoms with E-state index in [1.165, 1.54) is 24.3 Å². The number of hydrogen-bond donors (Lipinski definition) is 2. The van der Waals surface area contributed by atoms with E-state index in [-0.39, 0.29) is 16.1 Å². The zero-order valence-corrected chi connectivity index (χ0v) is 12.4. The van der Waals surface area contributed by atoms with E-state index in [2.05, 4.69) is 10.5 Å². The molecule has 0 saturated carbocycles. The zero-order valence-electron chi connectivity index (χ0n) is 11.5. The van der Waals surface area contributed by atoms with E-state index in [4.69, 9.17) is 5.14 Å². The van der Waals surface area contributed by atoms with E-state index >= 15 is 0 Å². The molecule has 0 fully saturated rings. The molecule has 3 N–H and O–H groups in total. The van der Waals surface area contributed by atoms with Crippen LogP contribution in [0.15, 0.2) is 52.5 Å². The number of rotatable bonds is 5. The minimum atomic E-state index is -3.77. The number of nitrogens with one attached hydrogen (secondary N) is 1. The third-order valence-corrected chi connectivity index (χ3v) is 3.71. The first kappa shape index (κ1) is 16.4. The molecule has 0 bridgehead atoms.